The van der Waals surface area contributed by atoms with Crippen LogP contribution in [0.4, 0.5) is 4.39 Å². The first-order chi connectivity index (χ1) is 20.0. The molecule has 4 heteroatoms. The van der Waals surface area contributed by atoms with Crippen LogP contribution in [0.5, 0.6) is 0 Å². The molecule has 0 bridgehead atoms. The zero-order valence-corrected chi connectivity index (χ0v) is 24.8. The van der Waals surface area contributed by atoms with Crippen molar-refractivity contribution in [1.82, 2.24) is 5.32 Å². The van der Waals surface area contributed by atoms with Gasteiger partial charge in [0.05, 0.1) is 5.41 Å². The predicted molar refractivity (Wildman–Crippen MR) is 168 cm³/mol. The Morgan fingerprint density at radius 2 is 1.95 bits per heavy atom. The van der Waals surface area contributed by atoms with Crippen molar-refractivity contribution in [2.45, 2.75) is 77.6 Å². The van der Waals surface area contributed by atoms with E-state index in [0.717, 1.165) is 42.6 Å². The number of nitrogens with one attached hydrogen (secondary N) is 1. The molecule has 0 amide bonds. The molecule has 4 atom stereocenters. The first-order valence-corrected chi connectivity index (χ1v) is 15.3. The molecule has 3 nitrogen and oxygen atoms in total. The van der Waals surface area contributed by atoms with Gasteiger partial charge in [-0.2, -0.15) is 0 Å². The maximum Gasteiger partial charge on any atom is 0.142 e. The molecule has 1 heterocycles. The van der Waals surface area contributed by atoms with Gasteiger partial charge < -0.3 is 4.42 Å². The lowest BCUT2D eigenvalue weighted by Gasteiger charge is -2.37. The molecule has 2 aromatic carbocycles. The second kappa shape index (κ2) is 9.80. The van der Waals surface area contributed by atoms with Gasteiger partial charge in [-0.25, -0.2) is 4.39 Å². The van der Waals surface area contributed by atoms with Crippen LogP contribution >= 0.6 is 0 Å². The van der Waals surface area contributed by atoms with Gasteiger partial charge in [-0.15, -0.1) is 0 Å². The standard InChI is InChI=1S/C37H39FN2O/c1-6-24-27-17-18-30-34(35(27)41-33(24)7-2)28-11-9-10-12-29(28)37(30)31-19-22(21(4)38)13-15-25(31)26-16-14-23(20-32(26)37)36(39-5)40-8-3/h8-9,11,13-18,20-22,36,39H,6-7,10,12,19H2,1-5H3/b40-8-. The van der Waals surface area contributed by atoms with Crippen LogP contribution in [0.2, 0.25) is 0 Å². The zero-order chi connectivity index (χ0) is 28.5. The Bertz CT molecular complexity index is 1730. The highest BCUT2D eigenvalue weighted by molar-refractivity contribution is 6.05. The van der Waals surface area contributed by atoms with Crippen LogP contribution < -0.4 is 5.32 Å². The number of rotatable bonds is 6. The summed E-state index contributed by atoms with van der Waals surface area (Å²) in [7, 11) is 1.96. The van der Waals surface area contributed by atoms with Crippen molar-refractivity contribution in [3.05, 3.63) is 105 Å². The fourth-order valence-electron chi connectivity index (χ4n) is 8.19. The molecule has 1 N–H and O–H groups in total. The van der Waals surface area contributed by atoms with E-state index >= 15 is 0 Å². The lowest BCUT2D eigenvalue weighted by Crippen LogP contribution is -2.32. The molecular formula is C37H39FN2O. The molecule has 0 saturated heterocycles. The predicted octanol–water partition coefficient (Wildman–Crippen LogP) is 8.97. The maximum absolute atomic E-state index is 15.0. The number of hydrogen-bond acceptors (Lipinski definition) is 3. The van der Waals surface area contributed by atoms with Gasteiger partial charge in [0.15, 0.2) is 0 Å². The lowest BCUT2D eigenvalue weighted by atomic mass is 9.64. The number of hydrogen-bond donors (Lipinski definition) is 1. The largest absolute Gasteiger partial charge is 0.460 e. The van der Waals surface area contributed by atoms with Crippen LogP contribution in [-0.2, 0) is 18.3 Å². The Kier molecular flexibility index (Phi) is 6.31. The van der Waals surface area contributed by atoms with Crippen molar-refractivity contribution < 1.29 is 8.81 Å². The van der Waals surface area contributed by atoms with Crippen LogP contribution in [0.25, 0.3) is 22.1 Å². The van der Waals surface area contributed by atoms with Crippen LogP contribution in [0, 0.1) is 5.92 Å². The second-order valence-corrected chi connectivity index (χ2v) is 11.9. The van der Waals surface area contributed by atoms with E-state index in [1.54, 1.807) is 6.92 Å². The van der Waals surface area contributed by atoms with Gasteiger partial charge in [0, 0.05) is 28.9 Å². The fourth-order valence-corrected chi connectivity index (χ4v) is 8.19. The molecule has 210 valence electrons. The van der Waals surface area contributed by atoms with Crippen LogP contribution in [0.3, 0.4) is 0 Å². The van der Waals surface area contributed by atoms with Gasteiger partial charge in [-0.3, -0.25) is 10.3 Å². The summed E-state index contributed by atoms with van der Waals surface area (Å²) in [4.78, 5) is 4.73. The van der Waals surface area contributed by atoms with Crippen molar-refractivity contribution in [3.63, 3.8) is 0 Å². The molecule has 4 aliphatic rings. The Hall–Kier alpha value is -3.50. The molecule has 41 heavy (non-hydrogen) atoms. The summed E-state index contributed by atoms with van der Waals surface area (Å²) in [6.45, 7) is 8.07. The Morgan fingerprint density at radius 3 is 2.68 bits per heavy atom. The zero-order valence-electron chi connectivity index (χ0n) is 24.8. The molecule has 0 saturated carbocycles. The summed E-state index contributed by atoms with van der Waals surface area (Å²) in [5.74, 6) is 0.959. The first kappa shape index (κ1) is 26.4. The fraction of sp³-hybridized carbons (Fsp3) is 0.378. The highest BCUT2D eigenvalue weighted by Gasteiger charge is 2.55. The average molecular weight is 547 g/mol. The number of halogens is 1. The minimum absolute atomic E-state index is 0.124. The minimum Gasteiger partial charge on any atom is -0.460 e. The van der Waals surface area contributed by atoms with Crippen molar-refractivity contribution in [1.29, 1.82) is 0 Å². The number of allylic oxidation sites excluding steroid dienone is 8. The number of aryl methyl sites for hydroxylation is 2. The topological polar surface area (TPSA) is 37.5 Å². The number of benzene rings is 2. The summed E-state index contributed by atoms with van der Waals surface area (Å²) < 4.78 is 21.7. The smallest absolute Gasteiger partial charge is 0.142 e. The van der Waals surface area contributed by atoms with Gasteiger partial charge in [0.2, 0.25) is 0 Å². The SMILES string of the molecule is C/C=N\C(NC)c1ccc2c(c1)C1(C3=C2C=CC(C(C)F)C3)C2=C(C=CCC2)c2c1ccc1c(CC)c(CC)oc21. The summed E-state index contributed by atoms with van der Waals surface area (Å²) in [6.07, 6.45) is 14.3. The number of alkyl halides is 1. The van der Waals surface area contributed by atoms with Crippen LogP contribution in [0.15, 0.2) is 75.2 Å². The molecular weight excluding hydrogens is 507 g/mol. The van der Waals surface area contributed by atoms with Gasteiger partial charge in [0.25, 0.3) is 0 Å². The summed E-state index contributed by atoms with van der Waals surface area (Å²) in [5.41, 5.74) is 13.5. The van der Waals surface area contributed by atoms with E-state index in [1.807, 2.05) is 20.2 Å². The van der Waals surface area contributed by atoms with Crippen LogP contribution in [0.1, 0.15) is 92.3 Å². The highest BCUT2D eigenvalue weighted by atomic mass is 19.1. The molecule has 3 aromatic rings. The van der Waals surface area contributed by atoms with Crippen molar-refractivity contribution in [2.75, 3.05) is 7.05 Å². The van der Waals surface area contributed by atoms with Gasteiger partial charge in [-0.1, -0.05) is 68.5 Å². The molecule has 0 radical (unpaired) electrons. The molecule has 7 rings (SSSR count). The third kappa shape index (κ3) is 3.49. The van der Waals surface area contributed by atoms with Gasteiger partial charge in [-0.05, 0) is 97.3 Å². The van der Waals surface area contributed by atoms with E-state index in [1.165, 1.54) is 55.5 Å². The number of aliphatic imine (C=N–C) groups is 1. The minimum atomic E-state index is -0.906. The lowest BCUT2D eigenvalue weighted by molar-refractivity contribution is 0.281. The number of nitrogens with zero attached hydrogens (tertiary/aromatic N) is 1. The Labute approximate surface area is 242 Å². The summed E-state index contributed by atoms with van der Waals surface area (Å²) in [5, 5.41) is 4.62. The molecule has 4 unspecified atom stereocenters. The van der Waals surface area contributed by atoms with Crippen molar-refractivity contribution in [3.8, 4) is 0 Å². The maximum atomic E-state index is 15.0. The Morgan fingerprint density at radius 1 is 1.10 bits per heavy atom. The molecule has 0 aliphatic heterocycles. The van der Waals surface area contributed by atoms with Gasteiger partial charge >= 0.3 is 0 Å². The summed E-state index contributed by atoms with van der Waals surface area (Å²) in [6, 6.07) is 11.5. The Balaban J connectivity index is 1.59. The third-order valence-electron chi connectivity index (χ3n) is 9.96. The molecule has 1 spiro atoms. The van der Waals surface area contributed by atoms with E-state index < -0.39 is 11.6 Å². The normalized spacial score (nSPS) is 24.0. The van der Waals surface area contributed by atoms with E-state index in [-0.39, 0.29) is 12.1 Å². The molecule has 4 aliphatic carbocycles. The molecule has 1 aromatic heterocycles. The first-order valence-electron chi connectivity index (χ1n) is 15.3. The van der Waals surface area contributed by atoms with Crippen molar-refractivity contribution >= 4 is 28.3 Å². The summed E-state index contributed by atoms with van der Waals surface area (Å²) >= 11 is 0. The second-order valence-electron chi connectivity index (χ2n) is 11.9. The number of fused-ring (bicyclic) bond motifs is 10. The van der Waals surface area contributed by atoms with Crippen molar-refractivity contribution in [2.24, 2.45) is 10.9 Å². The quantitative estimate of drug-likeness (QED) is 0.313. The average Bonchev–Trinajstić information content (AvgIpc) is 3.62. The van der Waals surface area contributed by atoms with E-state index in [4.69, 9.17) is 9.41 Å². The van der Waals surface area contributed by atoms with Crippen LogP contribution in [-0.4, -0.2) is 19.4 Å². The van der Waals surface area contributed by atoms with E-state index in [2.05, 4.69) is 73.8 Å². The highest BCUT2D eigenvalue weighted by Crippen LogP contribution is 2.66. The monoisotopic (exact) mass is 546 g/mol. The van der Waals surface area contributed by atoms with Gasteiger partial charge in [0.1, 0.15) is 23.7 Å². The van der Waals surface area contributed by atoms with E-state index in [0.29, 0.717) is 6.42 Å². The molecule has 0 fully saturated rings. The third-order valence-corrected chi connectivity index (χ3v) is 9.96. The number of furan rings is 1. The van der Waals surface area contributed by atoms with E-state index in [9.17, 15) is 4.39 Å².